The smallest absolute Gasteiger partial charge is 0.261 e. The highest BCUT2D eigenvalue weighted by Crippen LogP contribution is 2.31. The molecule has 0 heterocycles. The maximum Gasteiger partial charge on any atom is 0.261 e. The minimum Gasteiger partial charge on any atom is -0.342 e. The summed E-state index contributed by atoms with van der Waals surface area (Å²) in [6, 6.07) is 2.24. The van der Waals surface area contributed by atoms with Crippen LogP contribution in [0.2, 0.25) is 10.0 Å². The second-order valence-electron chi connectivity index (χ2n) is 3.93. The van der Waals surface area contributed by atoms with Gasteiger partial charge >= 0.3 is 0 Å². The summed E-state index contributed by atoms with van der Waals surface area (Å²) < 4.78 is 22.6. The average Bonchev–Trinajstić information content (AvgIpc) is 2.30. The quantitative estimate of drug-likeness (QED) is 0.787. The summed E-state index contributed by atoms with van der Waals surface area (Å²) >= 11 is 11.8. The average molecular weight is 345 g/mol. The molecular weight excluding hydrogens is 333 g/mol. The van der Waals surface area contributed by atoms with E-state index in [1.807, 2.05) is 6.92 Å². The van der Waals surface area contributed by atoms with Gasteiger partial charge in [-0.15, -0.1) is 0 Å². The third-order valence-corrected chi connectivity index (χ3v) is 4.55. The Kier molecular flexibility index (Phi) is 5.50. The molecule has 1 rings (SSSR count). The normalized spacial score (nSPS) is 11.4. The number of rotatable bonds is 4. The lowest BCUT2D eigenvalue weighted by atomic mass is 10.2. The fourth-order valence-corrected chi connectivity index (χ4v) is 2.76. The van der Waals surface area contributed by atoms with Crippen molar-refractivity contribution in [3.63, 3.8) is 0 Å². The van der Waals surface area contributed by atoms with Crippen LogP contribution in [0.5, 0.6) is 0 Å². The van der Waals surface area contributed by atoms with Crippen molar-refractivity contribution in [1.29, 1.82) is 0 Å². The van der Waals surface area contributed by atoms with Crippen LogP contribution in [-0.4, -0.2) is 32.8 Å². The summed E-state index contributed by atoms with van der Waals surface area (Å²) in [6.45, 7) is 2.43. The monoisotopic (exact) mass is 343 g/mol. The van der Waals surface area contributed by atoms with Gasteiger partial charge in [-0.05, 0) is 18.6 Å². The maximum absolute atomic E-state index is 12.1. The third kappa shape index (κ3) is 3.99. The first kappa shape index (κ1) is 16.6. The van der Waals surface area contributed by atoms with Gasteiger partial charge in [0, 0.05) is 24.3 Å². The van der Waals surface area contributed by atoms with Crippen LogP contribution < -0.4 is 0 Å². The number of nitrogens with zero attached hydrogens (tertiary/aromatic N) is 1. The van der Waals surface area contributed by atoms with E-state index in [0.717, 1.165) is 18.6 Å². The van der Waals surface area contributed by atoms with E-state index in [0.29, 0.717) is 6.54 Å². The van der Waals surface area contributed by atoms with E-state index >= 15 is 0 Å². The zero-order chi connectivity index (χ0) is 14.8. The Labute approximate surface area is 126 Å². The Morgan fingerprint density at radius 3 is 2.37 bits per heavy atom. The van der Waals surface area contributed by atoms with Gasteiger partial charge in [-0.1, -0.05) is 30.1 Å². The molecule has 4 nitrogen and oxygen atoms in total. The van der Waals surface area contributed by atoms with Gasteiger partial charge in [0.05, 0.1) is 20.5 Å². The molecule has 1 aromatic carbocycles. The molecule has 0 saturated carbocycles. The molecule has 0 N–H and O–H groups in total. The van der Waals surface area contributed by atoms with E-state index in [1.54, 1.807) is 7.05 Å². The molecule has 106 valence electrons. The molecule has 0 bridgehead atoms. The highest BCUT2D eigenvalue weighted by molar-refractivity contribution is 8.13. The lowest BCUT2D eigenvalue weighted by Gasteiger charge is -2.17. The summed E-state index contributed by atoms with van der Waals surface area (Å²) in [4.78, 5) is 13.3. The zero-order valence-corrected chi connectivity index (χ0v) is 13.4. The molecule has 0 aliphatic heterocycles. The van der Waals surface area contributed by atoms with Crippen LogP contribution in [0, 0.1) is 0 Å². The van der Waals surface area contributed by atoms with Gasteiger partial charge < -0.3 is 4.90 Å². The highest BCUT2D eigenvalue weighted by Gasteiger charge is 2.21. The molecule has 0 saturated heterocycles. The summed E-state index contributed by atoms with van der Waals surface area (Å²) in [7, 11) is 2.86. The molecule has 0 aliphatic rings. The SMILES string of the molecule is CCCN(C)C(=O)c1cc(S(=O)(=O)Cl)cc(Cl)c1Cl. The zero-order valence-electron chi connectivity index (χ0n) is 10.3. The van der Waals surface area contributed by atoms with Crippen molar-refractivity contribution in [2.75, 3.05) is 13.6 Å². The fraction of sp³-hybridized carbons (Fsp3) is 0.364. The number of carbonyl (C=O) groups excluding carboxylic acids is 1. The van der Waals surface area contributed by atoms with E-state index in [9.17, 15) is 13.2 Å². The number of benzene rings is 1. The Hall–Kier alpha value is -0.490. The van der Waals surface area contributed by atoms with Crippen molar-refractivity contribution < 1.29 is 13.2 Å². The van der Waals surface area contributed by atoms with Gasteiger partial charge in [-0.25, -0.2) is 8.42 Å². The van der Waals surface area contributed by atoms with Crippen LogP contribution in [0.15, 0.2) is 17.0 Å². The van der Waals surface area contributed by atoms with E-state index in [1.165, 1.54) is 4.90 Å². The largest absolute Gasteiger partial charge is 0.342 e. The molecule has 0 fully saturated rings. The van der Waals surface area contributed by atoms with E-state index in [4.69, 9.17) is 33.9 Å². The van der Waals surface area contributed by atoms with E-state index in [2.05, 4.69) is 0 Å². The maximum atomic E-state index is 12.1. The van der Waals surface area contributed by atoms with Crippen LogP contribution >= 0.6 is 33.9 Å². The van der Waals surface area contributed by atoms with Gasteiger partial charge in [0.15, 0.2) is 0 Å². The summed E-state index contributed by atoms with van der Waals surface area (Å²) in [5.74, 6) is -0.407. The highest BCUT2D eigenvalue weighted by atomic mass is 35.7. The molecule has 0 unspecified atom stereocenters. The summed E-state index contributed by atoms with van der Waals surface area (Å²) in [5, 5.41) is -0.0182. The first-order valence-electron chi connectivity index (χ1n) is 5.37. The first-order valence-corrected chi connectivity index (χ1v) is 8.44. The molecule has 0 atom stereocenters. The summed E-state index contributed by atoms with van der Waals surface area (Å²) in [5.41, 5.74) is 0.0179. The van der Waals surface area contributed by atoms with Gasteiger partial charge in [-0.3, -0.25) is 4.79 Å². The molecule has 0 aliphatic carbocycles. The van der Waals surface area contributed by atoms with Crippen LogP contribution in [0.25, 0.3) is 0 Å². The van der Waals surface area contributed by atoms with E-state index < -0.39 is 15.0 Å². The molecule has 8 heteroatoms. The standard InChI is InChI=1S/C11H12Cl3NO3S/c1-3-4-15(2)11(16)8-5-7(19(14,17)18)6-9(12)10(8)13/h5-6H,3-4H2,1-2H3. The van der Waals surface area contributed by atoms with Crippen LogP contribution in [0.1, 0.15) is 23.7 Å². The predicted molar refractivity (Wildman–Crippen MR) is 76.8 cm³/mol. The van der Waals surface area contributed by atoms with Crippen LogP contribution in [-0.2, 0) is 9.05 Å². The number of carbonyl (C=O) groups is 1. The van der Waals surface area contributed by atoms with Gasteiger partial charge in [0.2, 0.25) is 0 Å². The van der Waals surface area contributed by atoms with Crippen LogP contribution in [0.3, 0.4) is 0 Å². The Morgan fingerprint density at radius 1 is 1.32 bits per heavy atom. The second-order valence-corrected chi connectivity index (χ2v) is 7.28. The van der Waals surface area contributed by atoms with Crippen molar-refractivity contribution in [3.8, 4) is 0 Å². The second kappa shape index (κ2) is 6.31. The van der Waals surface area contributed by atoms with Gasteiger partial charge in [0.1, 0.15) is 0 Å². The van der Waals surface area contributed by atoms with Crippen molar-refractivity contribution in [2.45, 2.75) is 18.2 Å². The molecular formula is C11H12Cl3NO3S. The predicted octanol–water partition coefficient (Wildman–Crippen LogP) is 3.40. The molecule has 1 amide bonds. The van der Waals surface area contributed by atoms with Crippen molar-refractivity contribution in [3.05, 3.63) is 27.7 Å². The van der Waals surface area contributed by atoms with Crippen molar-refractivity contribution in [1.82, 2.24) is 4.90 Å². The van der Waals surface area contributed by atoms with Gasteiger partial charge in [-0.2, -0.15) is 0 Å². The van der Waals surface area contributed by atoms with Gasteiger partial charge in [0.25, 0.3) is 15.0 Å². The molecule has 19 heavy (non-hydrogen) atoms. The number of hydrogen-bond acceptors (Lipinski definition) is 3. The van der Waals surface area contributed by atoms with Crippen molar-refractivity contribution in [2.24, 2.45) is 0 Å². The minimum absolute atomic E-state index is 0.0127. The lowest BCUT2D eigenvalue weighted by Crippen LogP contribution is -2.27. The molecule has 1 aromatic rings. The Morgan fingerprint density at radius 2 is 1.89 bits per heavy atom. The fourth-order valence-electron chi connectivity index (χ4n) is 1.50. The number of hydrogen-bond donors (Lipinski definition) is 0. The van der Waals surface area contributed by atoms with Crippen LogP contribution in [0.4, 0.5) is 0 Å². The molecule has 0 radical (unpaired) electrons. The molecule has 0 spiro atoms. The minimum atomic E-state index is -3.98. The number of halogens is 3. The topological polar surface area (TPSA) is 54.5 Å². The Bertz CT molecular complexity index is 601. The summed E-state index contributed by atoms with van der Waals surface area (Å²) in [6.07, 6.45) is 0.765. The Balaban J connectivity index is 3.35. The van der Waals surface area contributed by atoms with Crippen molar-refractivity contribution >= 4 is 48.8 Å². The number of amides is 1. The first-order chi connectivity index (χ1) is 8.68. The van der Waals surface area contributed by atoms with E-state index in [-0.39, 0.29) is 20.5 Å². The molecule has 0 aromatic heterocycles. The lowest BCUT2D eigenvalue weighted by molar-refractivity contribution is 0.0795. The third-order valence-electron chi connectivity index (χ3n) is 2.42.